The van der Waals surface area contributed by atoms with Crippen LogP contribution >= 0.6 is 0 Å². The van der Waals surface area contributed by atoms with Gasteiger partial charge < -0.3 is 14.1 Å². The van der Waals surface area contributed by atoms with Gasteiger partial charge in [-0.05, 0) is 49.1 Å². The maximum absolute atomic E-state index is 10.9. The van der Waals surface area contributed by atoms with Crippen LogP contribution in [-0.2, 0) is 11.2 Å². The van der Waals surface area contributed by atoms with E-state index in [0.29, 0.717) is 41.0 Å². The van der Waals surface area contributed by atoms with E-state index in [1.54, 1.807) is 19.2 Å². The van der Waals surface area contributed by atoms with Crippen LogP contribution in [0.5, 0.6) is 0 Å². The third-order valence-electron chi connectivity index (χ3n) is 7.84. The highest BCUT2D eigenvalue weighted by molar-refractivity contribution is 5.55. The Morgan fingerprint density at radius 2 is 1.83 bits per heavy atom. The summed E-state index contributed by atoms with van der Waals surface area (Å²) >= 11 is 0. The largest absolute Gasteiger partial charge is 0.421 e. The van der Waals surface area contributed by atoms with Crippen LogP contribution in [0.2, 0.25) is 0 Å². The van der Waals surface area contributed by atoms with Crippen molar-refractivity contribution < 1.29 is 14.1 Å². The summed E-state index contributed by atoms with van der Waals surface area (Å²) in [5.74, 6) is 3.18. The van der Waals surface area contributed by atoms with E-state index in [1.165, 1.54) is 17.7 Å². The number of piperazine rings is 1. The molecule has 1 saturated heterocycles. The zero-order valence-electron chi connectivity index (χ0n) is 21.9. The number of nitrogens with zero attached hydrogens (tertiary/aromatic N) is 5. The number of methoxy groups -OCH3 is 1. The monoisotopic (exact) mass is 497 g/mol. The summed E-state index contributed by atoms with van der Waals surface area (Å²) in [6, 6.07) is 6.22. The molecule has 1 aliphatic carbocycles. The van der Waals surface area contributed by atoms with Gasteiger partial charge in [-0.15, -0.1) is 10.2 Å². The molecule has 0 unspecified atom stereocenters. The molecule has 0 spiro atoms. The Labute approximate surface area is 213 Å². The number of rotatable bonds is 10. The second-order valence-corrected chi connectivity index (χ2v) is 10.6. The molecule has 2 aliphatic rings. The van der Waals surface area contributed by atoms with Crippen LogP contribution in [0.3, 0.4) is 0 Å². The molecule has 1 aromatic carbocycles. The first kappa shape index (κ1) is 26.4. The number of aromatic nitrogens is 2. The molecule has 4 rings (SSSR count). The summed E-state index contributed by atoms with van der Waals surface area (Å²) in [6.45, 7) is 14.3. The fourth-order valence-corrected chi connectivity index (χ4v) is 5.59. The fourth-order valence-electron chi connectivity index (χ4n) is 5.59. The highest BCUT2D eigenvalue weighted by atomic mass is 16.6. The molecule has 196 valence electrons. The molecule has 3 atom stereocenters. The van der Waals surface area contributed by atoms with Gasteiger partial charge >= 0.3 is 0 Å². The van der Waals surface area contributed by atoms with Crippen LogP contribution in [-0.4, -0.2) is 77.9 Å². The second kappa shape index (κ2) is 12.1. The Balaban J connectivity index is 1.38. The Morgan fingerprint density at radius 1 is 1.14 bits per heavy atom. The molecule has 9 heteroatoms. The van der Waals surface area contributed by atoms with Gasteiger partial charge in [0.2, 0.25) is 11.8 Å². The van der Waals surface area contributed by atoms with Crippen LogP contribution in [0, 0.1) is 33.8 Å². The van der Waals surface area contributed by atoms with Gasteiger partial charge in [0.05, 0.1) is 11.5 Å². The topological polar surface area (TPSA) is 97.8 Å². The minimum absolute atomic E-state index is 0.0451. The quantitative estimate of drug-likeness (QED) is 0.272. The fraction of sp³-hybridized carbons (Fsp3) is 0.630. The second-order valence-electron chi connectivity index (χ2n) is 10.6. The van der Waals surface area contributed by atoms with E-state index in [1.807, 2.05) is 0 Å². The molecule has 0 saturated carbocycles. The third kappa shape index (κ3) is 6.57. The van der Waals surface area contributed by atoms with E-state index in [-0.39, 0.29) is 5.69 Å². The van der Waals surface area contributed by atoms with Crippen LogP contribution in [0.4, 0.5) is 5.69 Å². The SMILES string of the molecule is COCCN1CCN(C[C@@H]2C=C(C)[C@H](Cc3nnc(-c4ccc([N+](=O)[O-])cc4)o3)C[C@H]2C(C)C)CC1. The third-order valence-corrected chi connectivity index (χ3v) is 7.84. The van der Waals surface area contributed by atoms with Crippen molar-refractivity contribution in [3.05, 3.63) is 51.9 Å². The standard InChI is InChI=1S/C27H39N5O4/c1-19(2)25-16-22(17-26-28-29-27(36-26)21-5-7-24(8-6-21)32(33)34)20(3)15-23(25)18-31-11-9-30(10-12-31)13-14-35-4/h5-8,15,19,22-23,25H,9-14,16-18H2,1-4H3/t22-,23-,25-/m0/s1. The molecule has 36 heavy (non-hydrogen) atoms. The van der Waals surface area contributed by atoms with Gasteiger partial charge in [0.15, 0.2) is 0 Å². The van der Waals surface area contributed by atoms with Crippen LogP contribution in [0.1, 0.15) is 33.1 Å². The summed E-state index contributed by atoms with van der Waals surface area (Å²) in [4.78, 5) is 15.6. The average Bonchev–Trinajstić information content (AvgIpc) is 3.33. The molecule has 1 aliphatic heterocycles. The minimum Gasteiger partial charge on any atom is -0.421 e. The van der Waals surface area contributed by atoms with Gasteiger partial charge in [-0.3, -0.25) is 15.0 Å². The van der Waals surface area contributed by atoms with Crippen molar-refractivity contribution in [2.24, 2.45) is 23.7 Å². The average molecular weight is 498 g/mol. The zero-order valence-corrected chi connectivity index (χ0v) is 21.9. The predicted octanol–water partition coefficient (Wildman–Crippen LogP) is 4.31. The minimum atomic E-state index is -0.414. The van der Waals surface area contributed by atoms with Crippen molar-refractivity contribution in [3.8, 4) is 11.5 Å². The maximum atomic E-state index is 10.9. The molecule has 1 fully saturated rings. The van der Waals surface area contributed by atoms with Gasteiger partial charge in [-0.2, -0.15) is 0 Å². The number of hydrogen-bond donors (Lipinski definition) is 0. The van der Waals surface area contributed by atoms with E-state index in [2.05, 4.69) is 46.8 Å². The molecule has 1 aromatic heterocycles. The van der Waals surface area contributed by atoms with Crippen molar-refractivity contribution in [1.82, 2.24) is 20.0 Å². The van der Waals surface area contributed by atoms with E-state index < -0.39 is 4.92 Å². The molecule has 0 radical (unpaired) electrons. The van der Waals surface area contributed by atoms with Gasteiger partial charge in [0.1, 0.15) is 0 Å². The highest BCUT2D eigenvalue weighted by Crippen LogP contribution is 2.39. The summed E-state index contributed by atoms with van der Waals surface area (Å²) < 4.78 is 11.2. The number of non-ortho nitro benzene ring substituents is 1. The molecule has 2 heterocycles. The first-order valence-corrected chi connectivity index (χ1v) is 13.0. The van der Waals surface area contributed by atoms with Crippen molar-refractivity contribution in [2.75, 3.05) is 53.0 Å². The van der Waals surface area contributed by atoms with Crippen LogP contribution in [0.15, 0.2) is 40.3 Å². The van der Waals surface area contributed by atoms with E-state index >= 15 is 0 Å². The maximum Gasteiger partial charge on any atom is 0.269 e. The Morgan fingerprint density at radius 3 is 2.47 bits per heavy atom. The highest BCUT2D eigenvalue weighted by Gasteiger charge is 2.34. The van der Waals surface area contributed by atoms with Gasteiger partial charge in [-0.25, -0.2) is 0 Å². The van der Waals surface area contributed by atoms with E-state index in [0.717, 1.165) is 58.7 Å². The normalized spacial score (nSPS) is 23.7. The zero-order chi connectivity index (χ0) is 25.7. The van der Waals surface area contributed by atoms with E-state index in [9.17, 15) is 10.1 Å². The summed E-state index contributed by atoms with van der Waals surface area (Å²) in [7, 11) is 1.77. The molecular formula is C27H39N5O4. The lowest BCUT2D eigenvalue weighted by Crippen LogP contribution is -2.49. The van der Waals surface area contributed by atoms with Gasteiger partial charge in [0, 0.05) is 70.5 Å². The number of hydrogen-bond acceptors (Lipinski definition) is 8. The number of nitro groups is 1. The summed E-state index contributed by atoms with van der Waals surface area (Å²) in [5, 5.41) is 19.4. The molecular weight excluding hydrogens is 458 g/mol. The van der Waals surface area contributed by atoms with Gasteiger partial charge in [-0.1, -0.05) is 25.5 Å². The molecule has 2 aromatic rings. The van der Waals surface area contributed by atoms with Crippen LogP contribution in [0.25, 0.3) is 11.5 Å². The van der Waals surface area contributed by atoms with Crippen molar-refractivity contribution in [1.29, 1.82) is 0 Å². The Bertz CT molecular complexity index is 1030. The number of nitro benzene ring substituents is 1. The molecule has 0 amide bonds. The lowest BCUT2D eigenvalue weighted by molar-refractivity contribution is -0.384. The number of allylic oxidation sites excluding steroid dienone is 1. The van der Waals surface area contributed by atoms with Crippen LogP contribution < -0.4 is 0 Å². The predicted molar refractivity (Wildman–Crippen MR) is 139 cm³/mol. The van der Waals surface area contributed by atoms with Crippen molar-refractivity contribution in [3.63, 3.8) is 0 Å². The van der Waals surface area contributed by atoms with E-state index in [4.69, 9.17) is 9.15 Å². The first-order chi connectivity index (χ1) is 17.3. The summed E-state index contributed by atoms with van der Waals surface area (Å²) in [6.07, 6.45) is 4.34. The van der Waals surface area contributed by atoms with Crippen molar-refractivity contribution in [2.45, 2.75) is 33.6 Å². The Hall–Kier alpha value is -2.62. The lowest BCUT2D eigenvalue weighted by Gasteiger charge is -2.41. The molecule has 9 nitrogen and oxygen atoms in total. The number of ether oxygens (including phenoxy) is 1. The van der Waals surface area contributed by atoms with Gasteiger partial charge in [0.25, 0.3) is 5.69 Å². The summed E-state index contributed by atoms with van der Waals surface area (Å²) in [5.41, 5.74) is 2.15. The smallest absolute Gasteiger partial charge is 0.269 e. The molecule has 0 bridgehead atoms. The Kier molecular flexibility index (Phi) is 8.87. The first-order valence-electron chi connectivity index (χ1n) is 13.0. The van der Waals surface area contributed by atoms with Crippen molar-refractivity contribution >= 4 is 5.69 Å². The lowest BCUT2D eigenvalue weighted by atomic mass is 9.69. The molecule has 0 N–H and O–H groups in total. The number of benzene rings is 1.